The molecule has 2 fully saturated rings. The molecule has 23 heteroatoms. The van der Waals surface area contributed by atoms with Crippen LogP contribution in [0.2, 0.25) is 0 Å². The van der Waals surface area contributed by atoms with E-state index in [0.717, 1.165) is 11.9 Å². The van der Waals surface area contributed by atoms with Crippen LogP contribution < -0.4 is 5.73 Å². The summed E-state index contributed by atoms with van der Waals surface area (Å²) in [5, 5.41) is 49.9. The monoisotopic (exact) mass is 674 g/mol. The molecule has 0 spiro atoms. The number of phosphoric ester groups is 2. The highest BCUT2D eigenvalue weighted by Crippen LogP contribution is 2.60. The van der Waals surface area contributed by atoms with Crippen LogP contribution in [0.5, 0.6) is 0 Å². The first-order valence-corrected chi connectivity index (χ1v) is 16.2. The third kappa shape index (κ3) is 6.23. The molecule has 4 aromatic rings. The number of imidazole rings is 1. The van der Waals surface area contributed by atoms with Gasteiger partial charge in [0, 0.05) is 0 Å². The van der Waals surface area contributed by atoms with Crippen molar-refractivity contribution in [2.24, 2.45) is 0 Å². The zero-order chi connectivity index (χ0) is 32.3. The Morgan fingerprint density at radius 1 is 0.911 bits per heavy atom. The maximum atomic E-state index is 12.5. The van der Waals surface area contributed by atoms with Gasteiger partial charge >= 0.3 is 15.6 Å². The number of hydrogen-bond acceptors (Lipinski definition) is 17. The summed E-state index contributed by atoms with van der Waals surface area (Å²) in [5.41, 5.74) is 8.04. The van der Waals surface area contributed by atoms with Crippen LogP contribution in [-0.4, -0.2) is 115 Å². The fraction of sp³-hybridized carbons (Fsp3) is 0.500. The molecule has 0 radical (unpaired) electrons. The molecule has 45 heavy (non-hydrogen) atoms. The summed E-state index contributed by atoms with van der Waals surface area (Å²) in [6.07, 6.45) is -9.30. The second kappa shape index (κ2) is 12.0. The largest absolute Gasteiger partial charge is 0.481 e. The lowest BCUT2D eigenvalue weighted by molar-refractivity contribution is -0.0573. The van der Waals surface area contributed by atoms with Gasteiger partial charge in [-0.25, -0.2) is 28.8 Å². The van der Waals surface area contributed by atoms with Crippen LogP contribution >= 0.6 is 15.6 Å². The molecule has 1 aromatic carbocycles. The summed E-state index contributed by atoms with van der Waals surface area (Å²) in [5.74, 6) is 0.0598. The normalized spacial score (nSPS) is 31.4. The van der Waals surface area contributed by atoms with Gasteiger partial charge in [0.05, 0.1) is 25.1 Å². The van der Waals surface area contributed by atoms with Crippen molar-refractivity contribution < 1.29 is 62.2 Å². The number of aromatic nitrogens is 7. The van der Waals surface area contributed by atoms with Crippen LogP contribution in [-0.2, 0) is 32.0 Å². The molecule has 0 aliphatic carbocycles. The average Bonchev–Trinajstić information content (AvgIpc) is 3.72. The third-order valence-corrected chi connectivity index (χ3v) is 9.82. The van der Waals surface area contributed by atoms with Crippen molar-refractivity contribution in [2.75, 3.05) is 18.9 Å². The summed E-state index contributed by atoms with van der Waals surface area (Å²) in [6, 6.07) is 5.22. The van der Waals surface area contributed by atoms with Gasteiger partial charge in [-0.05, 0) is 24.6 Å². The van der Waals surface area contributed by atoms with Crippen molar-refractivity contribution in [3.05, 3.63) is 36.4 Å². The van der Waals surface area contributed by atoms with E-state index in [1.165, 1.54) is 15.6 Å². The lowest BCUT2D eigenvalue weighted by Gasteiger charge is -2.20. The van der Waals surface area contributed by atoms with Gasteiger partial charge < -0.3 is 45.4 Å². The summed E-state index contributed by atoms with van der Waals surface area (Å²) in [4.78, 5) is 32.0. The molecule has 0 amide bonds. The van der Waals surface area contributed by atoms with Gasteiger partial charge in [-0.3, -0.25) is 13.6 Å². The number of phosphoric acid groups is 2. The van der Waals surface area contributed by atoms with E-state index in [9.17, 15) is 39.3 Å². The van der Waals surface area contributed by atoms with Crippen molar-refractivity contribution in [3.8, 4) is 0 Å². The fourth-order valence-electron chi connectivity index (χ4n) is 4.97. The maximum Gasteiger partial charge on any atom is 0.481 e. The number of aliphatic hydroxyl groups is 4. The van der Waals surface area contributed by atoms with E-state index in [1.807, 2.05) is 6.92 Å². The smallest absolute Gasteiger partial charge is 0.387 e. The number of anilines is 1. The Balaban J connectivity index is 1.04. The molecule has 3 aromatic heterocycles. The highest BCUT2D eigenvalue weighted by molar-refractivity contribution is 7.61. The molecular formula is C22H28N8O13P2. The molecule has 8 N–H and O–H groups in total. The number of nitrogens with two attached hydrogens (primary N) is 1. The number of aryl methyl sites for hydroxylation is 1. The molecule has 21 nitrogen and oxygen atoms in total. The number of hydrogen-bond donors (Lipinski definition) is 7. The molecule has 2 aliphatic heterocycles. The Morgan fingerprint density at radius 2 is 1.53 bits per heavy atom. The first kappa shape index (κ1) is 32.0. The van der Waals surface area contributed by atoms with Crippen LogP contribution in [0, 0.1) is 6.92 Å². The SMILES string of the molecule is Cc1ccc2c(c1)nnn2[C@@H]1O[C@H](COP(=O)(O)OP(=O)(O)OC[C@H]2O[C@@H](n3cnc4c(N)ncnc43)[C@H](O)[C@@H]2O)[C@@H](O)[C@H]1O. The average molecular weight is 674 g/mol. The standard InChI is InChI=1S/C22H28N8O13P2/c1-9-2-3-11-10(4-9)27-28-30(11)22-18(34)16(32)13(42-22)6-40-45(37,38)43-44(35,36)39-5-12-15(31)17(33)21(41-12)29-8-26-14-19(23)24-7-25-20(14)29/h2-4,7-8,12-13,15-18,21-22,31-34H,5-6H2,1H3,(H,35,36)(H,37,38)(H2,23,24,25)/t12-,13-,15-,16-,17-,18-,21-,22-/m1/s1. The number of ether oxygens (including phenoxy) is 2. The molecule has 10 atom stereocenters. The number of fused-ring (bicyclic) bond motifs is 2. The van der Waals surface area contributed by atoms with Gasteiger partial charge in [0.2, 0.25) is 0 Å². The van der Waals surface area contributed by atoms with E-state index in [2.05, 4.69) is 29.6 Å². The first-order chi connectivity index (χ1) is 21.2. The Bertz CT molecular complexity index is 1810. The van der Waals surface area contributed by atoms with E-state index in [4.69, 9.17) is 24.3 Å². The maximum absolute atomic E-state index is 12.5. The summed E-state index contributed by atoms with van der Waals surface area (Å²) >= 11 is 0. The Morgan fingerprint density at radius 3 is 2.20 bits per heavy atom. The predicted molar refractivity (Wildman–Crippen MR) is 146 cm³/mol. The number of nitrogen functional groups attached to an aromatic ring is 1. The van der Waals surface area contributed by atoms with Gasteiger partial charge in [-0.15, -0.1) is 5.10 Å². The van der Waals surface area contributed by atoms with Gasteiger partial charge in [-0.2, -0.15) is 4.31 Å². The van der Waals surface area contributed by atoms with Crippen LogP contribution in [0.4, 0.5) is 5.82 Å². The van der Waals surface area contributed by atoms with E-state index < -0.39 is 77.9 Å². The highest BCUT2D eigenvalue weighted by Gasteiger charge is 2.48. The zero-order valence-electron chi connectivity index (χ0n) is 23.1. The van der Waals surface area contributed by atoms with Crippen molar-refractivity contribution in [3.63, 3.8) is 0 Å². The molecule has 2 unspecified atom stereocenters. The molecule has 244 valence electrons. The van der Waals surface area contributed by atoms with Crippen LogP contribution in [0.1, 0.15) is 18.0 Å². The molecular weight excluding hydrogens is 646 g/mol. The zero-order valence-corrected chi connectivity index (χ0v) is 24.9. The molecule has 5 heterocycles. The van der Waals surface area contributed by atoms with E-state index in [0.29, 0.717) is 11.0 Å². The van der Waals surface area contributed by atoms with Gasteiger partial charge in [0.15, 0.2) is 23.9 Å². The second-order valence-electron chi connectivity index (χ2n) is 10.3. The van der Waals surface area contributed by atoms with Crippen LogP contribution in [0.25, 0.3) is 22.2 Å². The van der Waals surface area contributed by atoms with Crippen molar-refractivity contribution >= 4 is 43.7 Å². The predicted octanol–water partition coefficient (Wildman–Crippen LogP) is -1.35. The Labute approximate surface area is 252 Å². The Hall–Kier alpha value is -3.01. The van der Waals surface area contributed by atoms with Gasteiger partial charge in [0.1, 0.15) is 54.0 Å². The van der Waals surface area contributed by atoms with Crippen molar-refractivity contribution in [2.45, 2.75) is 56.0 Å². The molecule has 6 rings (SSSR count). The van der Waals surface area contributed by atoms with E-state index >= 15 is 0 Å². The number of aliphatic hydroxyl groups excluding tert-OH is 4. The minimum absolute atomic E-state index is 0.0598. The minimum Gasteiger partial charge on any atom is -0.387 e. The summed E-state index contributed by atoms with van der Waals surface area (Å²) in [6.45, 7) is 0.112. The lowest BCUT2D eigenvalue weighted by atomic mass is 10.1. The molecule has 0 saturated carbocycles. The van der Waals surface area contributed by atoms with Crippen LogP contribution in [0.15, 0.2) is 30.9 Å². The van der Waals surface area contributed by atoms with Crippen molar-refractivity contribution in [1.82, 2.24) is 34.5 Å². The third-order valence-electron chi connectivity index (χ3n) is 7.21. The van der Waals surface area contributed by atoms with Gasteiger partial charge in [-0.1, -0.05) is 11.3 Å². The lowest BCUT2D eigenvalue weighted by Crippen LogP contribution is -2.34. The number of nitrogens with zero attached hydrogens (tertiary/aromatic N) is 7. The number of rotatable bonds is 10. The number of benzene rings is 1. The first-order valence-electron chi connectivity index (χ1n) is 13.2. The quantitative estimate of drug-likeness (QED) is 0.0956. The van der Waals surface area contributed by atoms with Crippen molar-refractivity contribution in [1.29, 1.82) is 0 Å². The van der Waals surface area contributed by atoms with E-state index in [1.54, 1.807) is 18.2 Å². The second-order valence-corrected chi connectivity index (χ2v) is 13.4. The summed E-state index contributed by atoms with van der Waals surface area (Å²) in [7, 11) is -10.7. The molecule has 2 saturated heterocycles. The van der Waals surface area contributed by atoms with E-state index in [-0.39, 0.29) is 17.0 Å². The highest BCUT2D eigenvalue weighted by atomic mass is 31.3. The summed E-state index contributed by atoms with van der Waals surface area (Å²) < 4.78 is 52.4. The fourth-order valence-corrected chi connectivity index (χ4v) is 7.07. The Kier molecular flexibility index (Phi) is 8.50. The molecule has 2 aliphatic rings. The van der Waals surface area contributed by atoms with Crippen LogP contribution in [0.3, 0.4) is 0 Å². The molecule has 0 bridgehead atoms. The minimum atomic E-state index is -5.35. The van der Waals surface area contributed by atoms with Gasteiger partial charge in [0.25, 0.3) is 0 Å². The topological polar surface area (TPSA) is 302 Å².